The molecule has 0 saturated carbocycles. The zero-order valence-corrected chi connectivity index (χ0v) is 17.6. The number of hydrogen-bond acceptors (Lipinski definition) is 2. The molecule has 0 aliphatic heterocycles. The molecule has 0 aliphatic rings. The molecule has 1 aromatic rings. The molecule has 1 N–H and O–H groups in total. The molecule has 2 unspecified atom stereocenters. The van der Waals surface area contributed by atoms with Gasteiger partial charge in [-0.3, -0.25) is 9.59 Å². The Bertz CT molecular complexity index is 622. The van der Waals surface area contributed by atoms with Gasteiger partial charge in [-0.05, 0) is 51.2 Å². The van der Waals surface area contributed by atoms with Crippen LogP contribution >= 0.6 is 0 Å². The van der Waals surface area contributed by atoms with Gasteiger partial charge in [0.05, 0.1) is 5.41 Å². The third kappa shape index (κ3) is 4.96. The Kier molecular flexibility index (Phi) is 8.05. The summed E-state index contributed by atoms with van der Waals surface area (Å²) in [6.45, 7) is 13.8. The predicted octanol–water partition coefficient (Wildman–Crippen LogP) is 6.13. The Hall–Kier alpha value is -1.64. The summed E-state index contributed by atoms with van der Waals surface area (Å²) in [6.07, 6.45) is 4.62. The number of benzene rings is 1. The lowest BCUT2D eigenvalue weighted by molar-refractivity contribution is -0.152. The van der Waals surface area contributed by atoms with Gasteiger partial charge in [-0.2, -0.15) is 0 Å². The number of carboxylic acid groups (broad SMARTS) is 1. The van der Waals surface area contributed by atoms with Crippen molar-refractivity contribution in [3.05, 3.63) is 34.4 Å². The maximum absolute atomic E-state index is 13.5. The highest BCUT2D eigenvalue weighted by Crippen LogP contribution is 2.41. The number of aliphatic carboxylic acids is 1. The summed E-state index contributed by atoms with van der Waals surface area (Å²) in [4.78, 5) is 25.8. The fraction of sp³-hybridized carbons (Fsp3) is 0.652. The van der Waals surface area contributed by atoms with Gasteiger partial charge >= 0.3 is 5.97 Å². The molecule has 0 bridgehead atoms. The molecule has 0 saturated heterocycles. The second-order valence-electron chi connectivity index (χ2n) is 8.39. The van der Waals surface area contributed by atoms with Crippen molar-refractivity contribution < 1.29 is 14.7 Å². The van der Waals surface area contributed by atoms with Gasteiger partial charge in [0, 0.05) is 11.5 Å². The molecule has 0 radical (unpaired) electrons. The fourth-order valence-electron chi connectivity index (χ4n) is 4.37. The smallest absolute Gasteiger partial charge is 0.310 e. The van der Waals surface area contributed by atoms with Crippen LogP contribution in [0, 0.1) is 38.0 Å². The molecule has 3 nitrogen and oxygen atoms in total. The quantitative estimate of drug-likeness (QED) is 0.403. The molecule has 0 aromatic heterocycles. The van der Waals surface area contributed by atoms with Crippen molar-refractivity contribution in [2.45, 2.75) is 80.6 Å². The minimum Gasteiger partial charge on any atom is -0.481 e. The molecule has 0 fully saturated rings. The number of carbonyl (C=O) groups excluding carboxylic acids is 1. The molecular formula is C23H36O3. The second-order valence-corrected chi connectivity index (χ2v) is 8.39. The SMILES string of the molecule is CCCCCCC(C)(C(=O)O)C(C(=O)c1c(C)cc(C)cc1C)C(C)C. The second kappa shape index (κ2) is 9.34. The van der Waals surface area contributed by atoms with E-state index in [0.717, 1.165) is 42.4 Å². The van der Waals surface area contributed by atoms with E-state index in [-0.39, 0.29) is 11.7 Å². The molecule has 1 aromatic carbocycles. The number of ketones is 1. The third-order valence-electron chi connectivity index (χ3n) is 5.60. The van der Waals surface area contributed by atoms with Gasteiger partial charge in [0.15, 0.2) is 5.78 Å². The molecule has 0 amide bonds. The maximum Gasteiger partial charge on any atom is 0.310 e. The van der Waals surface area contributed by atoms with E-state index in [9.17, 15) is 14.7 Å². The molecule has 1 rings (SSSR count). The van der Waals surface area contributed by atoms with Crippen molar-refractivity contribution in [1.29, 1.82) is 0 Å². The molecule has 3 heteroatoms. The first-order valence-electron chi connectivity index (χ1n) is 9.91. The van der Waals surface area contributed by atoms with Crippen molar-refractivity contribution in [3.8, 4) is 0 Å². The summed E-state index contributed by atoms with van der Waals surface area (Å²) >= 11 is 0. The van der Waals surface area contributed by atoms with Crippen molar-refractivity contribution >= 4 is 11.8 Å². The summed E-state index contributed by atoms with van der Waals surface area (Å²) in [6, 6.07) is 4.02. The Labute approximate surface area is 159 Å². The molecule has 146 valence electrons. The zero-order chi connectivity index (χ0) is 20.1. The lowest BCUT2D eigenvalue weighted by atomic mass is 9.65. The number of Topliss-reactive ketones (excluding diaryl/α,β-unsaturated/α-hetero) is 1. The lowest BCUT2D eigenvalue weighted by Crippen LogP contribution is -2.43. The van der Waals surface area contributed by atoms with Gasteiger partial charge in [0.2, 0.25) is 0 Å². The molecular weight excluding hydrogens is 324 g/mol. The fourth-order valence-corrected chi connectivity index (χ4v) is 4.37. The van der Waals surface area contributed by atoms with E-state index in [1.54, 1.807) is 6.92 Å². The van der Waals surface area contributed by atoms with Crippen molar-refractivity contribution in [1.82, 2.24) is 0 Å². The Morgan fingerprint density at radius 2 is 1.58 bits per heavy atom. The van der Waals surface area contributed by atoms with E-state index in [0.29, 0.717) is 12.0 Å². The average molecular weight is 361 g/mol. The van der Waals surface area contributed by atoms with Gasteiger partial charge in [-0.1, -0.05) is 64.2 Å². The van der Waals surface area contributed by atoms with Gasteiger partial charge in [0.25, 0.3) is 0 Å². The Morgan fingerprint density at radius 1 is 1.04 bits per heavy atom. The van der Waals surface area contributed by atoms with Gasteiger partial charge in [0.1, 0.15) is 0 Å². The summed E-state index contributed by atoms with van der Waals surface area (Å²) < 4.78 is 0. The predicted molar refractivity (Wildman–Crippen MR) is 108 cm³/mol. The highest BCUT2D eigenvalue weighted by atomic mass is 16.4. The minimum atomic E-state index is -1.04. The topological polar surface area (TPSA) is 54.4 Å². The summed E-state index contributed by atoms with van der Waals surface area (Å²) in [7, 11) is 0. The number of rotatable bonds is 10. The van der Waals surface area contributed by atoms with Crippen LogP contribution in [0.15, 0.2) is 12.1 Å². The van der Waals surface area contributed by atoms with Gasteiger partial charge < -0.3 is 5.11 Å². The molecule has 0 heterocycles. The number of aryl methyl sites for hydroxylation is 3. The Balaban J connectivity index is 3.31. The van der Waals surface area contributed by atoms with E-state index < -0.39 is 17.3 Å². The minimum absolute atomic E-state index is 0.0182. The van der Waals surface area contributed by atoms with E-state index in [1.165, 1.54) is 0 Å². The van der Waals surface area contributed by atoms with Crippen molar-refractivity contribution in [2.24, 2.45) is 17.3 Å². The molecule has 0 spiro atoms. The van der Waals surface area contributed by atoms with E-state index in [2.05, 4.69) is 6.92 Å². The number of carboxylic acids is 1. The van der Waals surface area contributed by atoms with Crippen LogP contribution < -0.4 is 0 Å². The van der Waals surface area contributed by atoms with Crippen LogP contribution in [0.1, 0.15) is 86.8 Å². The van der Waals surface area contributed by atoms with Crippen molar-refractivity contribution in [3.63, 3.8) is 0 Å². The van der Waals surface area contributed by atoms with Crippen LogP contribution in [-0.4, -0.2) is 16.9 Å². The first-order chi connectivity index (χ1) is 12.1. The lowest BCUT2D eigenvalue weighted by Gasteiger charge is -2.36. The van der Waals surface area contributed by atoms with E-state index in [1.807, 2.05) is 46.8 Å². The van der Waals surface area contributed by atoms with Crippen LogP contribution in [0.3, 0.4) is 0 Å². The van der Waals surface area contributed by atoms with Crippen LogP contribution in [0.25, 0.3) is 0 Å². The summed E-state index contributed by atoms with van der Waals surface area (Å²) in [5.74, 6) is -1.43. The van der Waals surface area contributed by atoms with Crippen LogP contribution in [0.5, 0.6) is 0 Å². The van der Waals surface area contributed by atoms with E-state index >= 15 is 0 Å². The number of hydrogen-bond donors (Lipinski definition) is 1. The van der Waals surface area contributed by atoms with Crippen LogP contribution in [0.4, 0.5) is 0 Å². The van der Waals surface area contributed by atoms with Gasteiger partial charge in [-0.25, -0.2) is 0 Å². The van der Waals surface area contributed by atoms with Gasteiger partial charge in [-0.15, -0.1) is 0 Å². The summed E-state index contributed by atoms with van der Waals surface area (Å²) in [5, 5.41) is 10.0. The van der Waals surface area contributed by atoms with Crippen LogP contribution in [0.2, 0.25) is 0 Å². The molecule has 26 heavy (non-hydrogen) atoms. The molecule has 0 aliphatic carbocycles. The number of unbranched alkanes of at least 4 members (excludes halogenated alkanes) is 3. The van der Waals surface area contributed by atoms with E-state index in [4.69, 9.17) is 0 Å². The maximum atomic E-state index is 13.5. The largest absolute Gasteiger partial charge is 0.481 e. The number of carbonyl (C=O) groups is 2. The van der Waals surface area contributed by atoms with Crippen LogP contribution in [-0.2, 0) is 4.79 Å². The molecule has 2 atom stereocenters. The Morgan fingerprint density at radius 3 is 2.00 bits per heavy atom. The zero-order valence-electron chi connectivity index (χ0n) is 17.6. The normalized spacial score (nSPS) is 14.9. The average Bonchev–Trinajstić information content (AvgIpc) is 2.50. The highest BCUT2D eigenvalue weighted by Gasteiger charge is 2.47. The third-order valence-corrected chi connectivity index (χ3v) is 5.60. The summed E-state index contributed by atoms with van der Waals surface area (Å²) in [5.41, 5.74) is 2.67. The first-order valence-corrected chi connectivity index (χ1v) is 9.91. The monoisotopic (exact) mass is 360 g/mol. The standard InChI is InChI=1S/C23H36O3/c1-8-9-10-11-12-23(7,22(25)26)20(15(2)3)21(24)19-17(5)13-16(4)14-18(19)6/h13-15,20H,8-12H2,1-7H3,(H,25,26). The highest BCUT2D eigenvalue weighted by molar-refractivity contribution is 6.03. The first kappa shape index (κ1) is 22.4. The van der Waals surface area contributed by atoms with Crippen molar-refractivity contribution in [2.75, 3.05) is 0 Å².